The zero-order valence-electron chi connectivity index (χ0n) is 17.0. The molecule has 0 spiro atoms. The Morgan fingerprint density at radius 2 is 1.69 bits per heavy atom. The highest BCUT2D eigenvalue weighted by Crippen LogP contribution is 2.17. The van der Waals surface area contributed by atoms with Gasteiger partial charge in [0.1, 0.15) is 0 Å². The van der Waals surface area contributed by atoms with Gasteiger partial charge in [0.25, 0.3) is 0 Å². The second kappa shape index (κ2) is 12.7. The summed E-state index contributed by atoms with van der Waals surface area (Å²) < 4.78 is 0. The summed E-state index contributed by atoms with van der Waals surface area (Å²) in [4.78, 5) is 28.1. The van der Waals surface area contributed by atoms with Gasteiger partial charge in [-0.25, -0.2) is 0 Å². The minimum atomic E-state index is -0.568. The maximum atomic E-state index is 12.9. The monoisotopic (exact) mass is 431 g/mol. The van der Waals surface area contributed by atoms with Gasteiger partial charge in [0, 0.05) is 36.4 Å². The molecule has 156 valence electrons. The van der Waals surface area contributed by atoms with Gasteiger partial charge in [-0.05, 0) is 42.4 Å². The number of ketones is 1. The number of nitrogens with zero attached hydrogens (tertiary/aromatic N) is 1. The van der Waals surface area contributed by atoms with E-state index in [1.807, 2.05) is 55.0 Å². The highest BCUT2D eigenvalue weighted by molar-refractivity contribution is 7.98. The Morgan fingerprint density at radius 1 is 1.00 bits per heavy atom. The van der Waals surface area contributed by atoms with Crippen LogP contribution in [0.4, 0.5) is 0 Å². The van der Waals surface area contributed by atoms with Crippen LogP contribution in [0.15, 0.2) is 59.5 Å². The third-order valence-electron chi connectivity index (χ3n) is 4.63. The van der Waals surface area contributed by atoms with Crippen LogP contribution in [0.3, 0.4) is 0 Å². The Balaban J connectivity index is 2.01. The van der Waals surface area contributed by atoms with Crippen molar-refractivity contribution in [3.63, 3.8) is 0 Å². The first-order chi connectivity index (χ1) is 14.0. The molecule has 0 saturated carbocycles. The lowest BCUT2D eigenvalue weighted by Gasteiger charge is -2.26. The number of amides is 1. The average molecular weight is 432 g/mol. The number of benzene rings is 2. The lowest BCUT2D eigenvalue weighted by molar-refractivity contribution is -0.133. The predicted octanol–water partition coefficient (Wildman–Crippen LogP) is 4.51. The van der Waals surface area contributed by atoms with E-state index in [-0.39, 0.29) is 31.1 Å². The van der Waals surface area contributed by atoms with Crippen molar-refractivity contribution < 1.29 is 14.7 Å². The first-order valence-electron chi connectivity index (χ1n) is 9.69. The highest BCUT2D eigenvalue weighted by atomic mass is 32.2. The molecule has 2 aromatic carbocycles. The number of aliphatic hydroxyl groups is 1. The molecule has 29 heavy (non-hydrogen) atoms. The SMILES string of the molecule is CSCC[C@@H](O)CN(Cc1ccc(SC)cc1)C(=O)CCC(=O)c1ccccc1. The molecule has 0 aliphatic rings. The summed E-state index contributed by atoms with van der Waals surface area (Å²) in [5.74, 6) is 0.704. The van der Waals surface area contributed by atoms with E-state index < -0.39 is 6.10 Å². The Labute approximate surface area is 182 Å². The zero-order valence-corrected chi connectivity index (χ0v) is 18.7. The number of hydrogen-bond acceptors (Lipinski definition) is 5. The molecule has 0 bridgehead atoms. The summed E-state index contributed by atoms with van der Waals surface area (Å²) in [5.41, 5.74) is 1.64. The quantitative estimate of drug-likeness (QED) is 0.396. The molecule has 0 heterocycles. The molecule has 1 N–H and O–H groups in total. The van der Waals surface area contributed by atoms with Crippen molar-refractivity contribution in [2.45, 2.75) is 36.8 Å². The van der Waals surface area contributed by atoms with Crippen LogP contribution in [-0.2, 0) is 11.3 Å². The number of carbonyl (C=O) groups is 2. The van der Waals surface area contributed by atoms with Gasteiger partial charge in [-0.2, -0.15) is 11.8 Å². The molecule has 0 saturated heterocycles. The fourth-order valence-electron chi connectivity index (χ4n) is 2.95. The minimum absolute atomic E-state index is 0.0360. The maximum absolute atomic E-state index is 12.9. The van der Waals surface area contributed by atoms with Crippen LogP contribution in [0.1, 0.15) is 35.2 Å². The first-order valence-corrected chi connectivity index (χ1v) is 12.3. The fraction of sp³-hybridized carbons (Fsp3) is 0.391. The third kappa shape index (κ3) is 8.25. The number of hydrogen-bond donors (Lipinski definition) is 1. The van der Waals surface area contributed by atoms with Crippen LogP contribution in [0, 0.1) is 0 Å². The van der Waals surface area contributed by atoms with Gasteiger partial charge >= 0.3 is 0 Å². The molecular weight excluding hydrogens is 402 g/mol. The number of thioether (sulfide) groups is 2. The lowest BCUT2D eigenvalue weighted by atomic mass is 10.1. The molecule has 0 radical (unpaired) electrons. The molecular formula is C23H29NO3S2. The highest BCUT2D eigenvalue weighted by Gasteiger charge is 2.19. The summed E-state index contributed by atoms with van der Waals surface area (Å²) in [6.45, 7) is 0.715. The summed E-state index contributed by atoms with van der Waals surface area (Å²) in [6.07, 6.45) is 4.41. The van der Waals surface area contributed by atoms with Gasteiger partial charge < -0.3 is 10.0 Å². The van der Waals surface area contributed by atoms with Gasteiger partial charge in [0.2, 0.25) is 5.91 Å². The molecule has 2 aromatic rings. The number of Topliss-reactive ketones (excluding diaryl/α,β-unsaturated/α-hetero) is 1. The summed E-state index contributed by atoms with van der Waals surface area (Å²) in [5, 5.41) is 10.3. The van der Waals surface area contributed by atoms with Crippen molar-refractivity contribution >= 4 is 35.2 Å². The molecule has 0 unspecified atom stereocenters. The smallest absolute Gasteiger partial charge is 0.223 e. The van der Waals surface area contributed by atoms with Gasteiger partial charge in [-0.3, -0.25) is 9.59 Å². The van der Waals surface area contributed by atoms with Crippen LogP contribution < -0.4 is 0 Å². The first kappa shape index (κ1) is 23.5. The molecule has 2 rings (SSSR count). The fourth-order valence-corrected chi connectivity index (χ4v) is 3.87. The minimum Gasteiger partial charge on any atom is -0.391 e. The van der Waals surface area contributed by atoms with E-state index in [0.29, 0.717) is 18.5 Å². The number of carbonyl (C=O) groups excluding carboxylic acids is 2. The van der Waals surface area contributed by atoms with Crippen molar-refractivity contribution in [2.75, 3.05) is 24.8 Å². The second-order valence-electron chi connectivity index (χ2n) is 6.85. The average Bonchev–Trinajstić information content (AvgIpc) is 2.76. The number of aliphatic hydroxyl groups excluding tert-OH is 1. The van der Waals surface area contributed by atoms with Crippen molar-refractivity contribution in [2.24, 2.45) is 0 Å². The van der Waals surface area contributed by atoms with E-state index in [1.54, 1.807) is 40.6 Å². The van der Waals surface area contributed by atoms with E-state index in [9.17, 15) is 14.7 Å². The van der Waals surface area contributed by atoms with Crippen molar-refractivity contribution in [1.29, 1.82) is 0 Å². The van der Waals surface area contributed by atoms with Crippen LogP contribution >= 0.6 is 23.5 Å². The molecule has 4 nitrogen and oxygen atoms in total. The number of rotatable bonds is 12. The Kier molecular flexibility index (Phi) is 10.3. The van der Waals surface area contributed by atoms with E-state index in [2.05, 4.69) is 0 Å². The molecule has 0 fully saturated rings. The van der Waals surface area contributed by atoms with E-state index in [0.717, 1.165) is 11.3 Å². The predicted molar refractivity (Wildman–Crippen MR) is 123 cm³/mol. The molecule has 1 atom stereocenters. The maximum Gasteiger partial charge on any atom is 0.223 e. The van der Waals surface area contributed by atoms with Gasteiger partial charge in [0.05, 0.1) is 6.10 Å². The van der Waals surface area contributed by atoms with Crippen molar-refractivity contribution in [3.8, 4) is 0 Å². The Hall–Kier alpha value is -1.76. The Bertz CT molecular complexity index is 765. The third-order valence-corrected chi connectivity index (χ3v) is 6.02. The summed E-state index contributed by atoms with van der Waals surface area (Å²) in [7, 11) is 0. The molecule has 0 aliphatic carbocycles. The summed E-state index contributed by atoms with van der Waals surface area (Å²) in [6, 6.07) is 17.1. The summed E-state index contributed by atoms with van der Waals surface area (Å²) >= 11 is 3.35. The zero-order chi connectivity index (χ0) is 21.1. The van der Waals surface area contributed by atoms with Crippen LogP contribution in [-0.4, -0.2) is 52.6 Å². The van der Waals surface area contributed by atoms with E-state index >= 15 is 0 Å². The molecule has 1 amide bonds. The normalized spacial score (nSPS) is 11.8. The molecule has 6 heteroatoms. The van der Waals surface area contributed by atoms with Gasteiger partial charge in [-0.1, -0.05) is 42.5 Å². The molecule has 0 aromatic heterocycles. The van der Waals surface area contributed by atoms with Crippen molar-refractivity contribution in [3.05, 3.63) is 65.7 Å². The second-order valence-corrected chi connectivity index (χ2v) is 8.71. The van der Waals surface area contributed by atoms with Crippen molar-refractivity contribution in [1.82, 2.24) is 4.90 Å². The van der Waals surface area contributed by atoms with Crippen LogP contribution in [0.2, 0.25) is 0 Å². The topological polar surface area (TPSA) is 57.6 Å². The van der Waals surface area contributed by atoms with Gasteiger partial charge in [-0.15, -0.1) is 11.8 Å². The lowest BCUT2D eigenvalue weighted by Crippen LogP contribution is -2.37. The molecule has 0 aliphatic heterocycles. The van der Waals surface area contributed by atoms with E-state index in [4.69, 9.17) is 0 Å². The van der Waals surface area contributed by atoms with E-state index in [1.165, 1.54) is 4.90 Å². The Morgan fingerprint density at radius 3 is 2.31 bits per heavy atom. The van der Waals surface area contributed by atoms with Crippen LogP contribution in [0.25, 0.3) is 0 Å². The standard InChI is InChI=1S/C23H29NO3S2/c1-28-15-14-20(25)17-24(16-18-8-10-21(29-2)11-9-18)23(27)13-12-22(26)19-6-4-3-5-7-19/h3-11,20,25H,12-17H2,1-2H3/t20-/m1/s1. The van der Waals surface area contributed by atoms with Crippen LogP contribution in [0.5, 0.6) is 0 Å². The van der Waals surface area contributed by atoms with Gasteiger partial charge in [0.15, 0.2) is 5.78 Å². The largest absolute Gasteiger partial charge is 0.391 e.